The van der Waals surface area contributed by atoms with E-state index in [1.54, 1.807) is 4.90 Å². The summed E-state index contributed by atoms with van der Waals surface area (Å²) in [6.07, 6.45) is 1.55. The van der Waals surface area contributed by atoms with Crippen LogP contribution in [0.15, 0.2) is 43.0 Å². The van der Waals surface area contributed by atoms with Crippen molar-refractivity contribution in [2.75, 3.05) is 11.9 Å². The van der Waals surface area contributed by atoms with Gasteiger partial charge in [0.25, 0.3) is 5.91 Å². The van der Waals surface area contributed by atoms with Crippen LogP contribution in [-0.4, -0.2) is 54.4 Å². The van der Waals surface area contributed by atoms with Crippen LogP contribution in [0.1, 0.15) is 35.7 Å². The van der Waals surface area contributed by atoms with E-state index in [0.29, 0.717) is 11.6 Å². The number of benzene rings is 1. The van der Waals surface area contributed by atoms with Crippen molar-refractivity contribution in [2.45, 2.75) is 38.0 Å². The highest BCUT2D eigenvalue weighted by Crippen LogP contribution is 2.47. The molecule has 1 aliphatic carbocycles. The van der Waals surface area contributed by atoms with Crippen molar-refractivity contribution < 1.29 is 22.4 Å². The number of nitrogens with zero attached hydrogens (tertiary/aromatic N) is 6. The van der Waals surface area contributed by atoms with Crippen LogP contribution in [-0.2, 0) is 6.18 Å². The zero-order valence-corrected chi connectivity index (χ0v) is 18.1. The molecule has 2 aromatic heterocycles. The lowest BCUT2D eigenvalue weighted by Gasteiger charge is -2.57. The molecule has 34 heavy (non-hydrogen) atoms. The Morgan fingerprint density at radius 3 is 2.47 bits per heavy atom. The molecule has 1 saturated carbocycles. The second-order valence-corrected chi connectivity index (χ2v) is 8.68. The van der Waals surface area contributed by atoms with E-state index in [1.165, 1.54) is 35.4 Å². The molecule has 3 fully saturated rings. The fraction of sp³-hybridized carbons (Fsp3) is 0.409. The van der Waals surface area contributed by atoms with Crippen LogP contribution in [0.3, 0.4) is 0 Å². The van der Waals surface area contributed by atoms with Gasteiger partial charge < -0.3 is 10.2 Å². The van der Waals surface area contributed by atoms with Crippen LogP contribution in [0, 0.1) is 17.7 Å². The van der Waals surface area contributed by atoms with Crippen LogP contribution < -0.4 is 5.32 Å². The van der Waals surface area contributed by atoms with Crippen LogP contribution in [0.5, 0.6) is 0 Å². The number of rotatable bonds is 5. The quantitative estimate of drug-likeness (QED) is 0.568. The topological polar surface area (TPSA) is 88.8 Å². The third-order valence-corrected chi connectivity index (χ3v) is 6.76. The summed E-state index contributed by atoms with van der Waals surface area (Å²) in [7, 11) is 0. The number of nitrogens with one attached hydrogen (secondary N) is 1. The number of carbonyl (C=O) groups is 1. The number of aromatic nitrogens is 5. The molecule has 3 aliphatic rings. The van der Waals surface area contributed by atoms with Gasteiger partial charge in [-0.15, -0.1) is 0 Å². The molecule has 3 aromatic rings. The average molecular weight is 475 g/mol. The van der Waals surface area contributed by atoms with Crippen molar-refractivity contribution in [1.29, 1.82) is 0 Å². The Bertz CT molecular complexity index is 1180. The molecule has 1 unspecified atom stereocenters. The lowest BCUT2D eigenvalue weighted by atomic mass is 9.64. The minimum absolute atomic E-state index is 0.00396. The van der Waals surface area contributed by atoms with E-state index in [0.717, 1.165) is 25.2 Å². The van der Waals surface area contributed by atoms with Crippen molar-refractivity contribution in [3.05, 3.63) is 59.9 Å². The Morgan fingerprint density at radius 1 is 1.15 bits per heavy atom. The van der Waals surface area contributed by atoms with Gasteiger partial charge in [0.1, 0.15) is 5.82 Å². The Hall–Kier alpha value is -3.57. The first-order valence-corrected chi connectivity index (χ1v) is 10.8. The van der Waals surface area contributed by atoms with E-state index in [2.05, 4.69) is 25.5 Å². The van der Waals surface area contributed by atoms with Gasteiger partial charge in [-0.3, -0.25) is 4.79 Å². The van der Waals surface area contributed by atoms with Crippen molar-refractivity contribution in [1.82, 2.24) is 29.9 Å². The second-order valence-electron chi connectivity index (χ2n) is 8.68. The lowest BCUT2D eigenvalue weighted by molar-refractivity contribution is -0.138. The van der Waals surface area contributed by atoms with E-state index in [4.69, 9.17) is 0 Å². The highest BCUT2D eigenvalue weighted by molar-refractivity contribution is 5.98. The molecule has 0 spiro atoms. The minimum Gasteiger partial charge on any atom is -0.352 e. The predicted octanol–water partition coefficient (Wildman–Crippen LogP) is 3.57. The summed E-state index contributed by atoms with van der Waals surface area (Å²) in [4.78, 5) is 24.3. The van der Waals surface area contributed by atoms with Crippen LogP contribution >= 0.6 is 0 Å². The standard InChI is InChI=1S/C22H21F4N7O/c1-12-13-6-16(7-13)32(19(12)11-29-21-27-9-14(10-28-21)22(24,25)26)20(34)17-8-15(23)2-3-18(17)33-30-4-5-31-33/h2-5,8-10,12-13,16,19H,6-7,11H2,1H3,(H,27,28,29)/t12-,13?,16?,19?/m1/s1. The Labute approximate surface area is 192 Å². The first-order valence-electron chi connectivity index (χ1n) is 10.8. The molecule has 2 atom stereocenters. The van der Waals surface area contributed by atoms with Crippen LogP contribution in [0.4, 0.5) is 23.5 Å². The summed E-state index contributed by atoms with van der Waals surface area (Å²) < 4.78 is 52.5. The summed E-state index contributed by atoms with van der Waals surface area (Å²) in [5.41, 5.74) is -0.430. The number of alkyl halides is 3. The second kappa shape index (κ2) is 8.33. The fourth-order valence-electron chi connectivity index (χ4n) is 4.82. The molecule has 1 aromatic carbocycles. The SMILES string of the molecule is C[C@@H]1C2CC(C2)N(C(=O)c2cc(F)ccc2-n2nccn2)C1CNc1ncc(C(F)(F)F)cn1. The Balaban J connectivity index is 1.40. The predicted molar refractivity (Wildman–Crippen MR) is 112 cm³/mol. The van der Waals surface area contributed by atoms with Crippen LogP contribution in [0.2, 0.25) is 0 Å². The molecule has 8 nitrogen and oxygen atoms in total. The van der Waals surface area contributed by atoms with Gasteiger partial charge in [0.05, 0.1) is 35.2 Å². The maximum absolute atomic E-state index is 14.2. The summed E-state index contributed by atoms with van der Waals surface area (Å²) in [6, 6.07) is 3.60. The number of hydrogen-bond acceptors (Lipinski definition) is 6. The van der Waals surface area contributed by atoms with E-state index in [9.17, 15) is 22.4 Å². The number of carbonyl (C=O) groups excluding carboxylic acids is 1. The highest BCUT2D eigenvalue weighted by Gasteiger charge is 2.50. The molecule has 1 amide bonds. The van der Waals surface area contributed by atoms with Gasteiger partial charge in [0, 0.05) is 25.0 Å². The zero-order chi connectivity index (χ0) is 24.0. The number of halogens is 4. The summed E-state index contributed by atoms with van der Waals surface area (Å²) >= 11 is 0. The van der Waals surface area contributed by atoms with Crippen molar-refractivity contribution in [3.8, 4) is 5.69 Å². The maximum atomic E-state index is 14.2. The molecule has 6 rings (SSSR count). The number of amides is 1. The van der Waals surface area contributed by atoms with Crippen LogP contribution in [0.25, 0.3) is 5.69 Å². The van der Waals surface area contributed by atoms with Gasteiger partial charge >= 0.3 is 6.18 Å². The molecule has 2 saturated heterocycles. The maximum Gasteiger partial charge on any atom is 0.419 e. The van der Waals surface area contributed by atoms with Gasteiger partial charge in [-0.2, -0.15) is 28.2 Å². The molecule has 1 N–H and O–H groups in total. The van der Waals surface area contributed by atoms with Crippen molar-refractivity contribution in [3.63, 3.8) is 0 Å². The normalized spacial score (nSPS) is 24.0. The monoisotopic (exact) mass is 475 g/mol. The van der Waals surface area contributed by atoms with Gasteiger partial charge in [0.2, 0.25) is 5.95 Å². The smallest absolute Gasteiger partial charge is 0.352 e. The highest BCUT2D eigenvalue weighted by atomic mass is 19.4. The van der Waals surface area contributed by atoms with Crippen molar-refractivity contribution in [2.24, 2.45) is 11.8 Å². The molecule has 2 aliphatic heterocycles. The number of fused-ring (bicyclic) bond motifs is 2. The molecule has 0 radical (unpaired) electrons. The number of piperidine rings is 2. The Kier molecular flexibility index (Phi) is 5.45. The van der Waals surface area contributed by atoms with Gasteiger partial charge in [-0.05, 0) is 42.9 Å². The zero-order valence-electron chi connectivity index (χ0n) is 18.1. The third kappa shape index (κ3) is 3.97. The third-order valence-electron chi connectivity index (χ3n) is 6.76. The summed E-state index contributed by atoms with van der Waals surface area (Å²) in [5.74, 6) is -0.297. The number of hydrogen-bond donors (Lipinski definition) is 1. The summed E-state index contributed by atoms with van der Waals surface area (Å²) in [5, 5.41) is 11.1. The molecule has 178 valence electrons. The molecule has 4 heterocycles. The lowest BCUT2D eigenvalue weighted by Crippen LogP contribution is -2.64. The molecular formula is C22H21F4N7O. The Morgan fingerprint density at radius 2 is 1.82 bits per heavy atom. The average Bonchev–Trinajstić information content (AvgIpc) is 3.31. The van der Waals surface area contributed by atoms with Crippen molar-refractivity contribution >= 4 is 11.9 Å². The van der Waals surface area contributed by atoms with E-state index < -0.39 is 17.6 Å². The first-order chi connectivity index (χ1) is 16.2. The van der Waals surface area contributed by atoms with Gasteiger partial charge in [0.15, 0.2) is 0 Å². The molecule has 2 bridgehead atoms. The molecular weight excluding hydrogens is 454 g/mol. The van der Waals surface area contributed by atoms with Gasteiger partial charge in [-0.25, -0.2) is 14.4 Å². The fourth-order valence-corrected chi connectivity index (χ4v) is 4.82. The molecule has 12 heteroatoms. The van der Waals surface area contributed by atoms with E-state index in [-0.39, 0.29) is 42.0 Å². The number of anilines is 1. The van der Waals surface area contributed by atoms with E-state index in [1.807, 2.05) is 6.92 Å². The largest absolute Gasteiger partial charge is 0.419 e. The van der Waals surface area contributed by atoms with Gasteiger partial charge in [-0.1, -0.05) is 6.92 Å². The first kappa shape index (κ1) is 22.2. The van der Waals surface area contributed by atoms with E-state index >= 15 is 0 Å². The summed E-state index contributed by atoms with van der Waals surface area (Å²) in [6.45, 7) is 2.29. The minimum atomic E-state index is -4.52.